The second-order valence-corrected chi connectivity index (χ2v) is 3.96. The number of benzene rings is 1. The molecular weight excluding hydrogens is 206 g/mol. The zero-order valence-electron chi connectivity index (χ0n) is 8.88. The molecule has 1 aromatic carbocycles. The van der Waals surface area contributed by atoms with E-state index < -0.39 is 0 Å². The fraction of sp³-hybridized carbons (Fsp3) is 0.364. The molecule has 0 atom stereocenters. The number of esters is 1. The Kier molecular flexibility index (Phi) is 1.92. The third-order valence-corrected chi connectivity index (χ3v) is 2.78. The van der Waals surface area contributed by atoms with Crippen molar-refractivity contribution in [2.24, 2.45) is 0 Å². The van der Waals surface area contributed by atoms with Gasteiger partial charge in [-0.1, -0.05) is 5.21 Å². The standard InChI is InChI=1S/C11H11N3O2/c1-16-11(15)7-2-5-10-9(6-7)12-13-14(10)8-3-4-8/h2,5-6,8H,3-4H2,1H3. The third kappa shape index (κ3) is 1.36. The van der Waals surface area contributed by atoms with Gasteiger partial charge >= 0.3 is 5.97 Å². The first-order valence-electron chi connectivity index (χ1n) is 5.23. The van der Waals surface area contributed by atoms with E-state index in [1.54, 1.807) is 12.1 Å². The summed E-state index contributed by atoms with van der Waals surface area (Å²) in [6.45, 7) is 0. The Labute approximate surface area is 92.0 Å². The number of rotatable bonds is 2. The molecule has 5 heteroatoms. The Morgan fingerprint density at radius 3 is 3.00 bits per heavy atom. The summed E-state index contributed by atoms with van der Waals surface area (Å²) in [6, 6.07) is 5.83. The van der Waals surface area contributed by atoms with Crippen LogP contribution in [-0.4, -0.2) is 28.1 Å². The second-order valence-electron chi connectivity index (χ2n) is 3.96. The van der Waals surface area contributed by atoms with Gasteiger partial charge in [-0.05, 0) is 31.0 Å². The minimum absolute atomic E-state index is 0.345. The molecule has 5 nitrogen and oxygen atoms in total. The van der Waals surface area contributed by atoms with Crippen LogP contribution in [-0.2, 0) is 4.74 Å². The summed E-state index contributed by atoms with van der Waals surface area (Å²) in [5.41, 5.74) is 2.24. The van der Waals surface area contributed by atoms with Crippen LogP contribution in [0.5, 0.6) is 0 Å². The number of fused-ring (bicyclic) bond motifs is 1. The van der Waals surface area contributed by atoms with Gasteiger partial charge in [0.2, 0.25) is 0 Å². The molecule has 0 bridgehead atoms. The molecule has 0 radical (unpaired) electrons. The summed E-state index contributed by atoms with van der Waals surface area (Å²) >= 11 is 0. The smallest absolute Gasteiger partial charge is 0.337 e. The van der Waals surface area contributed by atoms with Gasteiger partial charge in [0.1, 0.15) is 5.52 Å². The van der Waals surface area contributed by atoms with Crippen molar-refractivity contribution in [2.75, 3.05) is 7.11 Å². The first kappa shape index (κ1) is 9.33. The highest BCUT2D eigenvalue weighted by Gasteiger charge is 2.26. The maximum absolute atomic E-state index is 11.3. The minimum Gasteiger partial charge on any atom is -0.465 e. The van der Waals surface area contributed by atoms with Crippen molar-refractivity contribution in [3.63, 3.8) is 0 Å². The highest BCUT2D eigenvalue weighted by Crippen LogP contribution is 2.36. The number of methoxy groups -OCH3 is 1. The minimum atomic E-state index is -0.345. The van der Waals surface area contributed by atoms with E-state index in [0.717, 1.165) is 23.9 Å². The van der Waals surface area contributed by atoms with Gasteiger partial charge in [0.15, 0.2) is 0 Å². The molecule has 1 fully saturated rings. The van der Waals surface area contributed by atoms with Crippen LogP contribution in [0.1, 0.15) is 29.2 Å². The fourth-order valence-electron chi connectivity index (χ4n) is 1.78. The molecule has 1 aliphatic rings. The lowest BCUT2D eigenvalue weighted by atomic mass is 10.2. The second kappa shape index (κ2) is 3.30. The number of nitrogens with zero attached hydrogens (tertiary/aromatic N) is 3. The number of hydrogen-bond acceptors (Lipinski definition) is 4. The lowest BCUT2D eigenvalue weighted by Gasteiger charge is -2.00. The summed E-state index contributed by atoms with van der Waals surface area (Å²) in [4.78, 5) is 11.3. The monoisotopic (exact) mass is 217 g/mol. The van der Waals surface area contributed by atoms with E-state index in [9.17, 15) is 4.79 Å². The SMILES string of the molecule is COC(=O)c1ccc2c(c1)nnn2C1CC1. The molecule has 1 heterocycles. The van der Waals surface area contributed by atoms with Crippen molar-refractivity contribution < 1.29 is 9.53 Å². The zero-order chi connectivity index (χ0) is 11.1. The van der Waals surface area contributed by atoms with Gasteiger partial charge in [-0.2, -0.15) is 0 Å². The Morgan fingerprint density at radius 1 is 1.50 bits per heavy atom. The molecule has 0 amide bonds. The first-order valence-corrected chi connectivity index (χ1v) is 5.23. The quantitative estimate of drug-likeness (QED) is 0.716. The van der Waals surface area contributed by atoms with Crippen LogP contribution in [0.4, 0.5) is 0 Å². The lowest BCUT2D eigenvalue weighted by molar-refractivity contribution is 0.0601. The number of carbonyl (C=O) groups is 1. The molecule has 1 saturated carbocycles. The van der Waals surface area contributed by atoms with Crippen LogP contribution in [0, 0.1) is 0 Å². The molecule has 0 N–H and O–H groups in total. The molecule has 2 aromatic rings. The molecule has 0 spiro atoms. The van der Waals surface area contributed by atoms with Crippen LogP contribution in [0.2, 0.25) is 0 Å². The van der Waals surface area contributed by atoms with Gasteiger partial charge in [0.25, 0.3) is 0 Å². The Morgan fingerprint density at radius 2 is 2.31 bits per heavy atom. The van der Waals surface area contributed by atoms with E-state index in [4.69, 9.17) is 0 Å². The summed E-state index contributed by atoms with van der Waals surface area (Å²) in [6.07, 6.45) is 2.33. The van der Waals surface area contributed by atoms with Crippen molar-refractivity contribution in [2.45, 2.75) is 18.9 Å². The molecule has 0 saturated heterocycles. The van der Waals surface area contributed by atoms with Gasteiger partial charge in [-0.15, -0.1) is 5.10 Å². The maximum atomic E-state index is 11.3. The van der Waals surface area contributed by atoms with E-state index in [-0.39, 0.29) is 5.97 Å². The molecule has 1 aliphatic carbocycles. The maximum Gasteiger partial charge on any atom is 0.337 e. The van der Waals surface area contributed by atoms with Crippen molar-refractivity contribution in [1.82, 2.24) is 15.0 Å². The molecule has 0 aliphatic heterocycles. The van der Waals surface area contributed by atoms with Gasteiger partial charge < -0.3 is 4.74 Å². The fourth-order valence-corrected chi connectivity index (χ4v) is 1.78. The predicted molar refractivity (Wildman–Crippen MR) is 57.1 cm³/mol. The van der Waals surface area contributed by atoms with E-state index in [1.807, 2.05) is 10.7 Å². The molecule has 1 aromatic heterocycles. The predicted octanol–water partition coefficient (Wildman–Crippen LogP) is 1.55. The summed E-state index contributed by atoms with van der Waals surface area (Å²) in [7, 11) is 1.37. The molecule has 82 valence electrons. The van der Waals surface area contributed by atoms with E-state index in [0.29, 0.717) is 11.6 Å². The molecule has 3 rings (SSSR count). The Balaban J connectivity index is 2.09. The third-order valence-electron chi connectivity index (χ3n) is 2.78. The zero-order valence-corrected chi connectivity index (χ0v) is 8.88. The largest absolute Gasteiger partial charge is 0.465 e. The highest BCUT2D eigenvalue weighted by atomic mass is 16.5. The number of carbonyl (C=O) groups excluding carboxylic acids is 1. The molecular formula is C11H11N3O2. The van der Waals surface area contributed by atoms with Crippen molar-refractivity contribution in [3.8, 4) is 0 Å². The van der Waals surface area contributed by atoms with Gasteiger partial charge in [-0.25, -0.2) is 9.48 Å². The number of ether oxygens (including phenoxy) is 1. The van der Waals surface area contributed by atoms with Crippen LogP contribution in [0.3, 0.4) is 0 Å². The summed E-state index contributed by atoms with van der Waals surface area (Å²) < 4.78 is 6.58. The first-order chi connectivity index (χ1) is 7.79. The molecule has 0 unspecified atom stereocenters. The van der Waals surface area contributed by atoms with Crippen molar-refractivity contribution in [3.05, 3.63) is 23.8 Å². The van der Waals surface area contributed by atoms with E-state index in [2.05, 4.69) is 15.0 Å². The van der Waals surface area contributed by atoms with Gasteiger partial charge in [0.05, 0.1) is 24.2 Å². The van der Waals surface area contributed by atoms with Crippen LogP contribution >= 0.6 is 0 Å². The van der Waals surface area contributed by atoms with Crippen LogP contribution in [0.15, 0.2) is 18.2 Å². The van der Waals surface area contributed by atoms with Crippen molar-refractivity contribution in [1.29, 1.82) is 0 Å². The van der Waals surface area contributed by atoms with Crippen molar-refractivity contribution >= 4 is 17.0 Å². The average molecular weight is 217 g/mol. The normalized spacial score (nSPS) is 15.3. The number of aromatic nitrogens is 3. The topological polar surface area (TPSA) is 57.0 Å². The van der Waals surface area contributed by atoms with E-state index in [1.165, 1.54) is 7.11 Å². The average Bonchev–Trinajstić information content (AvgIpc) is 3.08. The Hall–Kier alpha value is -1.91. The molecule has 16 heavy (non-hydrogen) atoms. The van der Waals surface area contributed by atoms with Crippen LogP contribution in [0.25, 0.3) is 11.0 Å². The summed E-state index contributed by atoms with van der Waals surface area (Å²) in [5.74, 6) is -0.345. The number of hydrogen-bond donors (Lipinski definition) is 0. The summed E-state index contributed by atoms with van der Waals surface area (Å²) in [5, 5.41) is 8.16. The highest BCUT2D eigenvalue weighted by molar-refractivity contribution is 5.93. The lowest BCUT2D eigenvalue weighted by Crippen LogP contribution is -2.01. The van der Waals surface area contributed by atoms with Gasteiger partial charge in [-0.3, -0.25) is 0 Å². The van der Waals surface area contributed by atoms with Crippen LogP contribution < -0.4 is 0 Å². The Bertz CT molecular complexity index is 557. The van der Waals surface area contributed by atoms with Gasteiger partial charge in [0, 0.05) is 0 Å². The van der Waals surface area contributed by atoms with E-state index >= 15 is 0 Å².